The van der Waals surface area contributed by atoms with Gasteiger partial charge in [0.25, 0.3) is 0 Å². The van der Waals surface area contributed by atoms with Crippen LogP contribution in [0.25, 0.3) is 0 Å². The summed E-state index contributed by atoms with van der Waals surface area (Å²) in [5, 5.41) is 23.0. The highest BCUT2D eigenvalue weighted by Gasteiger charge is 1.96. The maximum absolute atomic E-state index is 8.77. The number of methoxy groups -OCH3 is 1. The Labute approximate surface area is 77.7 Å². The van der Waals surface area contributed by atoms with Crippen LogP contribution >= 0.6 is 0 Å². The van der Waals surface area contributed by atoms with Crippen LogP contribution in [0, 0.1) is 0 Å². The molecule has 5 heteroatoms. The minimum absolute atomic E-state index is 0.0318. The lowest BCUT2D eigenvalue weighted by Crippen LogP contribution is -1.89. The molecule has 0 aromatic heterocycles. The Kier molecular flexibility index (Phi) is 7.00. The summed E-state index contributed by atoms with van der Waals surface area (Å²) in [6.07, 6.45) is 0. The van der Waals surface area contributed by atoms with E-state index in [2.05, 4.69) is 0 Å². The Balaban J connectivity index is 0.000000424. The lowest BCUT2D eigenvalue weighted by molar-refractivity contribution is 0.274. The molecular formula is C8H13BO4. The van der Waals surface area contributed by atoms with Gasteiger partial charge in [0.15, 0.2) is 0 Å². The van der Waals surface area contributed by atoms with Crippen molar-refractivity contribution < 1.29 is 19.9 Å². The van der Waals surface area contributed by atoms with Crippen molar-refractivity contribution in [1.29, 1.82) is 0 Å². The van der Waals surface area contributed by atoms with E-state index in [9.17, 15) is 0 Å². The van der Waals surface area contributed by atoms with Crippen molar-refractivity contribution in [2.24, 2.45) is 0 Å². The highest BCUT2D eigenvalue weighted by molar-refractivity contribution is 6.13. The Morgan fingerprint density at radius 1 is 1.31 bits per heavy atom. The van der Waals surface area contributed by atoms with Gasteiger partial charge >= 0.3 is 7.69 Å². The number of hydrogen-bond donors (Lipinski definition) is 3. The van der Waals surface area contributed by atoms with Gasteiger partial charge < -0.3 is 19.9 Å². The van der Waals surface area contributed by atoms with E-state index in [-0.39, 0.29) is 6.61 Å². The van der Waals surface area contributed by atoms with Crippen molar-refractivity contribution in [2.45, 2.75) is 6.61 Å². The second kappa shape index (κ2) is 7.61. The largest absolute Gasteiger partial charge is 0.496 e. The molecule has 0 radical (unpaired) electrons. The molecule has 0 saturated carbocycles. The number of para-hydroxylation sites is 1. The van der Waals surface area contributed by atoms with Crippen LogP contribution in [0.1, 0.15) is 5.56 Å². The topological polar surface area (TPSA) is 69.9 Å². The summed E-state index contributed by atoms with van der Waals surface area (Å²) in [6, 6.07) is 7.40. The first kappa shape index (κ1) is 12.0. The van der Waals surface area contributed by atoms with E-state index in [1.54, 1.807) is 7.11 Å². The zero-order valence-electron chi connectivity index (χ0n) is 7.47. The van der Waals surface area contributed by atoms with E-state index in [0.717, 1.165) is 11.3 Å². The second-order valence-electron chi connectivity index (χ2n) is 2.11. The van der Waals surface area contributed by atoms with Crippen molar-refractivity contribution in [3.63, 3.8) is 0 Å². The van der Waals surface area contributed by atoms with E-state index in [1.807, 2.05) is 24.3 Å². The Morgan fingerprint density at radius 2 is 1.85 bits per heavy atom. The number of hydrogen-bond acceptors (Lipinski definition) is 4. The van der Waals surface area contributed by atoms with Crippen LogP contribution in [-0.2, 0) is 6.61 Å². The number of aliphatic hydroxyl groups excluding tert-OH is 1. The third-order valence-corrected chi connectivity index (χ3v) is 1.36. The van der Waals surface area contributed by atoms with Crippen LogP contribution < -0.4 is 4.74 Å². The molecule has 3 N–H and O–H groups in total. The van der Waals surface area contributed by atoms with Crippen LogP contribution in [-0.4, -0.2) is 29.9 Å². The zero-order chi connectivity index (χ0) is 10.1. The molecule has 0 aliphatic heterocycles. The van der Waals surface area contributed by atoms with Gasteiger partial charge in [-0.1, -0.05) is 18.2 Å². The lowest BCUT2D eigenvalue weighted by atomic mass is 10.2. The second-order valence-corrected chi connectivity index (χ2v) is 2.11. The predicted molar refractivity (Wildman–Crippen MR) is 50.5 cm³/mol. The van der Waals surface area contributed by atoms with Gasteiger partial charge in [0, 0.05) is 5.56 Å². The molecule has 0 aliphatic carbocycles. The molecule has 0 saturated heterocycles. The van der Waals surface area contributed by atoms with Crippen molar-refractivity contribution in [2.75, 3.05) is 7.11 Å². The first-order valence-electron chi connectivity index (χ1n) is 3.74. The van der Waals surface area contributed by atoms with Crippen LogP contribution in [0.3, 0.4) is 0 Å². The summed E-state index contributed by atoms with van der Waals surface area (Å²) in [5.41, 5.74) is 0.824. The Hall–Kier alpha value is -1.04. The molecule has 72 valence electrons. The molecular weight excluding hydrogens is 171 g/mol. The summed E-state index contributed by atoms with van der Waals surface area (Å²) in [4.78, 5) is 0. The quantitative estimate of drug-likeness (QED) is 0.538. The zero-order valence-corrected chi connectivity index (χ0v) is 7.47. The minimum Gasteiger partial charge on any atom is -0.496 e. The van der Waals surface area contributed by atoms with E-state index >= 15 is 0 Å². The first-order valence-corrected chi connectivity index (χ1v) is 3.74. The lowest BCUT2D eigenvalue weighted by Gasteiger charge is -2.03. The number of aliphatic hydroxyl groups is 1. The molecule has 1 aromatic carbocycles. The fourth-order valence-electron chi connectivity index (χ4n) is 0.834. The molecule has 0 unspecified atom stereocenters. The van der Waals surface area contributed by atoms with Gasteiger partial charge in [-0.05, 0) is 6.07 Å². The average molecular weight is 184 g/mol. The summed E-state index contributed by atoms with van der Waals surface area (Å²) < 4.78 is 4.98. The summed E-state index contributed by atoms with van der Waals surface area (Å²) in [6.45, 7) is 0.0318. The van der Waals surface area contributed by atoms with Crippen molar-refractivity contribution in [1.82, 2.24) is 0 Å². The standard InChI is InChI=1S/C8H10O2.BH3O2/c1-10-8-5-3-2-4-7(8)6-9;2-1-3/h2-5,9H,6H2,1H3;1-3H. The smallest absolute Gasteiger partial charge is 0.432 e. The van der Waals surface area contributed by atoms with Gasteiger partial charge in [-0.25, -0.2) is 0 Å². The summed E-state index contributed by atoms with van der Waals surface area (Å²) >= 11 is 0. The van der Waals surface area contributed by atoms with Crippen molar-refractivity contribution in [3.05, 3.63) is 29.8 Å². The fraction of sp³-hybridized carbons (Fsp3) is 0.250. The van der Waals surface area contributed by atoms with Crippen LogP contribution in [0.5, 0.6) is 5.75 Å². The van der Waals surface area contributed by atoms with Crippen molar-refractivity contribution in [3.8, 4) is 5.75 Å². The molecule has 0 atom stereocenters. The fourth-order valence-corrected chi connectivity index (χ4v) is 0.834. The molecule has 13 heavy (non-hydrogen) atoms. The maximum Gasteiger partial charge on any atom is 0.432 e. The van der Waals surface area contributed by atoms with Gasteiger partial charge in [-0.3, -0.25) is 0 Å². The van der Waals surface area contributed by atoms with Gasteiger partial charge in [-0.15, -0.1) is 0 Å². The van der Waals surface area contributed by atoms with E-state index in [0.29, 0.717) is 0 Å². The Morgan fingerprint density at radius 3 is 2.23 bits per heavy atom. The molecule has 0 heterocycles. The third-order valence-electron chi connectivity index (χ3n) is 1.36. The van der Waals surface area contributed by atoms with Gasteiger partial charge in [0.05, 0.1) is 13.7 Å². The number of ether oxygens (including phenoxy) is 1. The van der Waals surface area contributed by atoms with E-state index in [4.69, 9.17) is 19.9 Å². The van der Waals surface area contributed by atoms with Crippen LogP contribution in [0.2, 0.25) is 0 Å². The van der Waals surface area contributed by atoms with Crippen LogP contribution in [0.15, 0.2) is 24.3 Å². The predicted octanol–water partition coefficient (Wildman–Crippen LogP) is -0.575. The minimum atomic E-state index is -0.750. The molecule has 1 rings (SSSR count). The van der Waals surface area contributed by atoms with E-state index in [1.165, 1.54) is 0 Å². The number of rotatable bonds is 2. The highest BCUT2D eigenvalue weighted by atomic mass is 16.5. The first-order chi connectivity index (χ1) is 6.29. The number of benzene rings is 1. The summed E-state index contributed by atoms with van der Waals surface area (Å²) in [5.74, 6) is 0.741. The third kappa shape index (κ3) is 4.52. The molecule has 4 nitrogen and oxygen atoms in total. The van der Waals surface area contributed by atoms with Gasteiger partial charge in [0.1, 0.15) is 5.75 Å². The Bertz CT molecular complexity index is 206. The molecule has 0 amide bonds. The SMILES string of the molecule is COc1ccccc1CO.OBO. The van der Waals surface area contributed by atoms with Crippen LogP contribution in [0.4, 0.5) is 0 Å². The average Bonchev–Trinajstić information content (AvgIpc) is 2.19. The molecule has 0 fully saturated rings. The molecule has 0 spiro atoms. The van der Waals surface area contributed by atoms with Gasteiger partial charge in [-0.2, -0.15) is 0 Å². The molecule has 1 aromatic rings. The normalized spacial score (nSPS) is 8.31. The highest BCUT2D eigenvalue weighted by Crippen LogP contribution is 2.16. The maximum atomic E-state index is 8.77. The van der Waals surface area contributed by atoms with Gasteiger partial charge in [0.2, 0.25) is 0 Å². The van der Waals surface area contributed by atoms with Crippen molar-refractivity contribution >= 4 is 7.69 Å². The molecule has 0 bridgehead atoms. The summed E-state index contributed by atoms with van der Waals surface area (Å²) in [7, 11) is 0.842. The monoisotopic (exact) mass is 184 g/mol. The molecule has 0 aliphatic rings. The van der Waals surface area contributed by atoms with E-state index < -0.39 is 7.69 Å².